The predicted molar refractivity (Wildman–Crippen MR) is 80.2 cm³/mol. The molecule has 1 saturated carbocycles. The summed E-state index contributed by atoms with van der Waals surface area (Å²) in [5.74, 6) is 2.27. The minimum absolute atomic E-state index is 0.369. The van der Waals surface area contributed by atoms with Crippen molar-refractivity contribution in [2.75, 3.05) is 33.3 Å². The second kappa shape index (κ2) is 7.61. The van der Waals surface area contributed by atoms with Gasteiger partial charge in [0.1, 0.15) is 0 Å². The van der Waals surface area contributed by atoms with Crippen molar-refractivity contribution in [3.05, 3.63) is 0 Å². The van der Waals surface area contributed by atoms with E-state index in [1.807, 2.05) is 0 Å². The summed E-state index contributed by atoms with van der Waals surface area (Å²) in [4.78, 5) is 2.61. The summed E-state index contributed by atoms with van der Waals surface area (Å²) in [7, 11) is 2.12. The molecular weight excluding hydrogens is 236 g/mol. The Kier molecular flexibility index (Phi) is 6.11. The van der Waals surface area contributed by atoms with Crippen molar-refractivity contribution in [3.8, 4) is 0 Å². The Balaban J connectivity index is 1.87. The number of aliphatic hydroxyl groups is 1. The van der Waals surface area contributed by atoms with Gasteiger partial charge in [0.25, 0.3) is 0 Å². The summed E-state index contributed by atoms with van der Waals surface area (Å²) in [6.07, 6.45) is 7.95. The van der Waals surface area contributed by atoms with Crippen LogP contribution in [0.15, 0.2) is 0 Å². The van der Waals surface area contributed by atoms with Gasteiger partial charge in [-0.05, 0) is 63.5 Å². The molecule has 0 aromatic carbocycles. The first kappa shape index (κ1) is 15.3. The zero-order valence-corrected chi connectivity index (χ0v) is 12.8. The van der Waals surface area contributed by atoms with Gasteiger partial charge < -0.3 is 15.3 Å². The van der Waals surface area contributed by atoms with Crippen molar-refractivity contribution >= 4 is 0 Å². The van der Waals surface area contributed by atoms with E-state index in [4.69, 9.17) is 0 Å². The summed E-state index contributed by atoms with van der Waals surface area (Å²) in [6, 6.07) is 0.706. The summed E-state index contributed by atoms with van der Waals surface area (Å²) >= 11 is 0. The Morgan fingerprint density at radius 1 is 1.21 bits per heavy atom. The standard InChI is InChI=1S/C16H32N2O/c1-3-13-6-7-16(17-2)15(9-13)11-18-8-4-5-14(10-18)12-19/h13-17,19H,3-12H2,1-2H3. The van der Waals surface area contributed by atoms with Crippen LogP contribution in [0.3, 0.4) is 0 Å². The molecular formula is C16H32N2O. The highest BCUT2D eigenvalue weighted by molar-refractivity contribution is 4.86. The average molecular weight is 268 g/mol. The van der Waals surface area contributed by atoms with Crippen LogP contribution in [0.2, 0.25) is 0 Å². The lowest BCUT2D eigenvalue weighted by Crippen LogP contribution is -2.47. The molecule has 0 aromatic heterocycles. The molecule has 4 atom stereocenters. The molecule has 1 aliphatic heterocycles. The molecule has 1 saturated heterocycles. The molecule has 112 valence electrons. The van der Waals surface area contributed by atoms with Gasteiger partial charge in [-0.2, -0.15) is 0 Å². The van der Waals surface area contributed by atoms with Crippen molar-refractivity contribution in [2.24, 2.45) is 17.8 Å². The number of hydrogen-bond donors (Lipinski definition) is 2. The molecule has 0 radical (unpaired) electrons. The quantitative estimate of drug-likeness (QED) is 0.801. The number of piperidine rings is 1. The van der Waals surface area contributed by atoms with E-state index in [9.17, 15) is 5.11 Å². The molecule has 2 rings (SSSR count). The largest absolute Gasteiger partial charge is 0.396 e. The van der Waals surface area contributed by atoms with Crippen LogP contribution in [-0.4, -0.2) is 49.3 Å². The molecule has 3 heteroatoms. The van der Waals surface area contributed by atoms with E-state index >= 15 is 0 Å². The van der Waals surface area contributed by atoms with E-state index in [0.717, 1.165) is 18.4 Å². The van der Waals surface area contributed by atoms with Crippen LogP contribution in [0.1, 0.15) is 45.4 Å². The third kappa shape index (κ3) is 4.17. The Labute approximate surface area is 118 Å². The Bertz CT molecular complexity index is 259. The van der Waals surface area contributed by atoms with Gasteiger partial charge in [0.05, 0.1) is 0 Å². The van der Waals surface area contributed by atoms with Crippen molar-refractivity contribution < 1.29 is 5.11 Å². The SMILES string of the molecule is CCC1CCC(NC)C(CN2CCCC(CO)C2)C1. The fourth-order valence-corrected chi connectivity index (χ4v) is 4.11. The normalized spacial score (nSPS) is 37.4. The summed E-state index contributed by atoms with van der Waals surface area (Å²) in [5, 5.41) is 12.9. The second-order valence-corrected chi connectivity index (χ2v) is 6.69. The molecule has 2 fully saturated rings. The third-order valence-corrected chi connectivity index (χ3v) is 5.39. The van der Waals surface area contributed by atoms with Gasteiger partial charge in [-0.25, -0.2) is 0 Å². The fraction of sp³-hybridized carbons (Fsp3) is 1.00. The average Bonchev–Trinajstić information content (AvgIpc) is 2.47. The zero-order valence-electron chi connectivity index (χ0n) is 12.8. The monoisotopic (exact) mass is 268 g/mol. The topological polar surface area (TPSA) is 35.5 Å². The minimum atomic E-state index is 0.369. The number of rotatable bonds is 5. The highest BCUT2D eigenvalue weighted by atomic mass is 16.3. The molecule has 1 heterocycles. The lowest BCUT2D eigenvalue weighted by atomic mass is 9.76. The summed E-state index contributed by atoms with van der Waals surface area (Å²) in [6.45, 7) is 6.29. The van der Waals surface area contributed by atoms with E-state index in [1.54, 1.807) is 0 Å². The molecule has 2 N–H and O–H groups in total. The van der Waals surface area contributed by atoms with E-state index in [0.29, 0.717) is 18.6 Å². The number of hydrogen-bond acceptors (Lipinski definition) is 3. The summed E-state index contributed by atoms with van der Waals surface area (Å²) < 4.78 is 0. The first-order valence-corrected chi connectivity index (χ1v) is 8.27. The van der Waals surface area contributed by atoms with Gasteiger partial charge in [-0.15, -0.1) is 0 Å². The molecule has 2 aliphatic rings. The fourth-order valence-electron chi connectivity index (χ4n) is 4.11. The lowest BCUT2D eigenvalue weighted by molar-refractivity contribution is 0.0837. The van der Waals surface area contributed by atoms with E-state index < -0.39 is 0 Å². The molecule has 19 heavy (non-hydrogen) atoms. The van der Waals surface area contributed by atoms with E-state index in [1.165, 1.54) is 51.6 Å². The Morgan fingerprint density at radius 3 is 2.74 bits per heavy atom. The number of nitrogens with zero attached hydrogens (tertiary/aromatic N) is 1. The maximum absolute atomic E-state index is 9.35. The molecule has 4 unspecified atom stereocenters. The van der Waals surface area contributed by atoms with Crippen LogP contribution in [0.25, 0.3) is 0 Å². The van der Waals surface area contributed by atoms with Crippen LogP contribution < -0.4 is 5.32 Å². The summed E-state index contributed by atoms with van der Waals surface area (Å²) in [5.41, 5.74) is 0. The maximum atomic E-state index is 9.35. The Hall–Kier alpha value is -0.120. The van der Waals surface area contributed by atoms with Gasteiger partial charge in [-0.3, -0.25) is 0 Å². The molecule has 0 aromatic rings. The molecule has 0 bridgehead atoms. The first-order chi connectivity index (χ1) is 9.26. The highest BCUT2D eigenvalue weighted by Crippen LogP contribution is 2.32. The van der Waals surface area contributed by atoms with Gasteiger partial charge in [-0.1, -0.05) is 13.3 Å². The first-order valence-electron chi connectivity index (χ1n) is 8.27. The van der Waals surface area contributed by atoms with Crippen molar-refractivity contribution in [3.63, 3.8) is 0 Å². The second-order valence-electron chi connectivity index (χ2n) is 6.69. The molecule has 0 amide bonds. The Morgan fingerprint density at radius 2 is 2.05 bits per heavy atom. The zero-order chi connectivity index (χ0) is 13.7. The van der Waals surface area contributed by atoms with Crippen LogP contribution >= 0.6 is 0 Å². The van der Waals surface area contributed by atoms with Crippen molar-refractivity contribution in [2.45, 2.75) is 51.5 Å². The maximum Gasteiger partial charge on any atom is 0.0471 e. The van der Waals surface area contributed by atoms with E-state index in [-0.39, 0.29) is 0 Å². The number of likely N-dealkylation sites (tertiary alicyclic amines) is 1. The van der Waals surface area contributed by atoms with Gasteiger partial charge in [0.2, 0.25) is 0 Å². The molecule has 1 aliphatic carbocycles. The van der Waals surface area contributed by atoms with Crippen LogP contribution in [0, 0.1) is 17.8 Å². The van der Waals surface area contributed by atoms with Crippen molar-refractivity contribution in [1.82, 2.24) is 10.2 Å². The minimum Gasteiger partial charge on any atom is -0.396 e. The molecule has 0 spiro atoms. The van der Waals surface area contributed by atoms with Crippen molar-refractivity contribution in [1.29, 1.82) is 0 Å². The predicted octanol–water partition coefficient (Wildman–Crippen LogP) is 2.10. The van der Waals surface area contributed by atoms with Crippen LogP contribution in [0.4, 0.5) is 0 Å². The van der Waals surface area contributed by atoms with E-state index in [2.05, 4.69) is 24.2 Å². The van der Waals surface area contributed by atoms with Gasteiger partial charge in [0.15, 0.2) is 0 Å². The number of aliphatic hydroxyl groups excluding tert-OH is 1. The van der Waals surface area contributed by atoms with Crippen LogP contribution in [0.5, 0.6) is 0 Å². The number of nitrogens with one attached hydrogen (secondary N) is 1. The van der Waals surface area contributed by atoms with Crippen LogP contribution in [-0.2, 0) is 0 Å². The van der Waals surface area contributed by atoms with Gasteiger partial charge in [0, 0.05) is 25.7 Å². The van der Waals surface area contributed by atoms with Gasteiger partial charge >= 0.3 is 0 Å². The molecule has 3 nitrogen and oxygen atoms in total. The smallest absolute Gasteiger partial charge is 0.0471 e. The highest BCUT2D eigenvalue weighted by Gasteiger charge is 2.31. The third-order valence-electron chi connectivity index (χ3n) is 5.39. The lowest BCUT2D eigenvalue weighted by Gasteiger charge is -2.41.